The second-order valence-corrected chi connectivity index (χ2v) is 10.5. The molecule has 1 fully saturated rings. The number of hydrazone groups is 1. The van der Waals surface area contributed by atoms with Gasteiger partial charge < -0.3 is 23.8 Å². The predicted octanol–water partition coefficient (Wildman–Crippen LogP) is 4.00. The molecule has 2 aliphatic heterocycles. The maximum atomic E-state index is 14.7. The summed E-state index contributed by atoms with van der Waals surface area (Å²) in [5.74, 6) is 0.281. The summed E-state index contributed by atoms with van der Waals surface area (Å²) in [7, 11) is 4.74. The Morgan fingerprint density at radius 1 is 0.955 bits per heavy atom. The van der Waals surface area contributed by atoms with E-state index >= 15 is 0 Å². The Balaban J connectivity index is 1.47. The van der Waals surface area contributed by atoms with Crippen LogP contribution in [0.15, 0.2) is 71.8 Å². The molecule has 2 aliphatic rings. The number of benzene rings is 3. The van der Waals surface area contributed by atoms with E-state index in [-0.39, 0.29) is 18.7 Å². The first-order chi connectivity index (χ1) is 21.4. The smallest absolute Gasteiger partial charge is 0.262 e. The molecule has 3 aromatic rings. The molecule has 2 amide bonds. The SMILES string of the molecule is COc1ccc(C2=NN(C(=O)CN(CCN3CCOCC3)C(=O)c3ccccc3F)C(c3cc(OC)ccc3OC)C2)cc1. The Hall–Kier alpha value is -4.48. The van der Waals surface area contributed by atoms with Crippen molar-refractivity contribution in [3.05, 3.63) is 89.2 Å². The van der Waals surface area contributed by atoms with Gasteiger partial charge in [0.2, 0.25) is 0 Å². The van der Waals surface area contributed by atoms with E-state index < -0.39 is 23.7 Å². The van der Waals surface area contributed by atoms with Crippen molar-refractivity contribution < 1.29 is 32.9 Å². The van der Waals surface area contributed by atoms with Gasteiger partial charge in [0.15, 0.2) is 0 Å². The maximum Gasteiger partial charge on any atom is 0.262 e. The van der Waals surface area contributed by atoms with E-state index in [1.54, 1.807) is 39.5 Å². The molecule has 1 atom stereocenters. The van der Waals surface area contributed by atoms with Crippen LogP contribution in [-0.4, -0.2) is 99.6 Å². The maximum absolute atomic E-state index is 14.7. The zero-order valence-corrected chi connectivity index (χ0v) is 25.2. The van der Waals surface area contributed by atoms with Crippen LogP contribution in [0.4, 0.5) is 4.39 Å². The van der Waals surface area contributed by atoms with Crippen LogP contribution in [0.5, 0.6) is 17.2 Å². The Kier molecular flexibility index (Phi) is 10.1. The topological polar surface area (TPSA) is 93.1 Å². The van der Waals surface area contributed by atoms with Crippen molar-refractivity contribution in [3.63, 3.8) is 0 Å². The average molecular weight is 605 g/mol. The molecule has 1 saturated heterocycles. The molecular weight excluding hydrogens is 567 g/mol. The molecular formula is C33H37FN4O6. The third kappa shape index (κ3) is 7.00. The first kappa shape index (κ1) is 31.0. The Labute approximate surface area is 256 Å². The molecule has 0 radical (unpaired) electrons. The van der Waals surface area contributed by atoms with E-state index in [1.165, 1.54) is 28.1 Å². The molecule has 232 valence electrons. The summed E-state index contributed by atoms with van der Waals surface area (Å²) in [6, 6.07) is 18.1. The summed E-state index contributed by atoms with van der Waals surface area (Å²) >= 11 is 0. The van der Waals surface area contributed by atoms with Gasteiger partial charge in [-0.15, -0.1) is 0 Å². The van der Waals surface area contributed by atoms with E-state index in [9.17, 15) is 14.0 Å². The summed E-state index contributed by atoms with van der Waals surface area (Å²) in [4.78, 5) is 31.4. The third-order valence-corrected chi connectivity index (χ3v) is 7.89. The molecule has 0 spiro atoms. The lowest BCUT2D eigenvalue weighted by Gasteiger charge is -2.31. The normalized spacial score (nSPS) is 16.8. The van der Waals surface area contributed by atoms with Gasteiger partial charge in [-0.2, -0.15) is 5.10 Å². The summed E-state index contributed by atoms with van der Waals surface area (Å²) < 4.78 is 36.6. The molecule has 1 unspecified atom stereocenters. The molecule has 10 nitrogen and oxygen atoms in total. The Bertz CT molecular complexity index is 1490. The Morgan fingerprint density at radius 2 is 1.66 bits per heavy atom. The fourth-order valence-corrected chi connectivity index (χ4v) is 5.42. The first-order valence-corrected chi connectivity index (χ1v) is 14.5. The molecule has 0 aliphatic carbocycles. The molecule has 5 rings (SSSR count). The predicted molar refractivity (Wildman–Crippen MR) is 163 cm³/mol. The number of hydrogen-bond donors (Lipinski definition) is 0. The second kappa shape index (κ2) is 14.3. The van der Waals surface area contributed by atoms with Gasteiger partial charge in [-0.05, 0) is 60.2 Å². The van der Waals surface area contributed by atoms with E-state index in [0.29, 0.717) is 54.7 Å². The minimum absolute atomic E-state index is 0.0860. The minimum atomic E-state index is -0.638. The molecule has 2 heterocycles. The minimum Gasteiger partial charge on any atom is -0.497 e. The number of carbonyl (C=O) groups excluding carboxylic acids is 2. The van der Waals surface area contributed by atoms with Crippen molar-refractivity contribution in [1.82, 2.24) is 14.8 Å². The van der Waals surface area contributed by atoms with Crippen molar-refractivity contribution in [1.29, 1.82) is 0 Å². The van der Waals surface area contributed by atoms with Crippen molar-refractivity contribution in [2.24, 2.45) is 5.10 Å². The van der Waals surface area contributed by atoms with Crippen molar-refractivity contribution in [2.75, 3.05) is 67.3 Å². The zero-order chi connectivity index (χ0) is 31.1. The molecule has 11 heteroatoms. The van der Waals surface area contributed by atoms with Gasteiger partial charge in [-0.1, -0.05) is 12.1 Å². The highest BCUT2D eigenvalue weighted by atomic mass is 19.1. The fourth-order valence-electron chi connectivity index (χ4n) is 5.42. The highest BCUT2D eigenvalue weighted by molar-refractivity contribution is 6.04. The summed E-state index contributed by atoms with van der Waals surface area (Å²) in [6.45, 7) is 3.09. The molecule has 0 bridgehead atoms. The van der Waals surface area contributed by atoms with E-state index in [4.69, 9.17) is 24.0 Å². The average Bonchev–Trinajstić information content (AvgIpc) is 3.52. The van der Waals surface area contributed by atoms with E-state index in [1.807, 2.05) is 30.3 Å². The van der Waals surface area contributed by atoms with Crippen LogP contribution in [0, 0.1) is 5.82 Å². The highest BCUT2D eigenvalue weighted by Crippen LogP contribution is 2.39. The number of methoxy groups -OCH3 is 3. The van der Waals surface area contributed by atoms with Crippen molar-refractivity contribution in [3.8, 4) is 17.2 Å². The fraction of sp³-hybridized carbons (Fsp3) is 0.364. The van der Waals surface area contributed by atoms with Crippen molar-refractivity contribution in [2.45, 2.75) is 12.5 Å². The van der Waals surface area contributed by atoms with Gasteiger partial charge in [-0.3, -0.25) is 14.5 Å². The summed E-state index contributed by atoms with van der Waals surface area (Å²) in [6.07, 6.45) is 0.399. The zero-order valence-electron chi connectivity index (χ0n) is 25.2. The number of amides is 2. The largest absolute Gasteiger partial charge is 0.497 e. The lowest BCUT2D eigenvalue weighted by molar-refractivity contribution is -0.133. The number of rotatable bonds is 11. The highest BCUT2D eigenvalue weighted by Gasteiger charge is 2.36. The molecule has 44 heavy (non-hydrogen) atoms. The third-order valence-electron chi connectivity index (χ3n) is 7.89. The van der Waals surface area contributed by atoms with Crippen LogP contribution < -0.4 is 14.2 Å². The number of carbonyl (C=O) groups is 2. The molecule has 0 aromatic heterocycles. The second-order valence-electron chi connectivity index (χ2n) is 10.5. The Morgan fingerprint density at radius 3 is 2.34 bits per heavy atom. The number of hydrogen-bond acceptors (Lipinski definition) is 8. The molecule has 0 saturated carbocycles. The molecule has 0 N–H and O–H groups in total. The lowest BCUT2D eigenvalue weighted by atomic mass is 9.97. The van der Waals surface area contributed by atoms with Gasteiger partial charge in [0.25, 0.3) is 11.8 Å². The van der Waals surface area contributed by atoms with Crippen LogP contribution in [0.3, 0.4) is 0 Å². The van der Waals surface area contributed by atoms with Gasteiger partial charge in [0.1, 0.15) is 29.6 Å². The monoisotopic (exact) mass is 604 g/mol. The summed E-state index contributed by atoms with van der Waals surface area (Å²) in [5, 5.41) is 6.19. The standard InChI is InChI=1S/C33H37FN4O6/c1-41-24-10-8-23(9-11-24)29-21-30(27-20-25(42-2)12-13-31(27)43-3)38(35-29)32(39)22-37(15-14-36-16-18-44-19-17-36)33(40)26-6-4-5-7-28(26)34/h4-13,20,30H,14-19,21-22H2,1-3H3. The van der Waals surface area contributed by atoms with Gasteiger partial charge in [0, 0.05) is 38.2 Å². The van der Waals surface area contributed by atoms with Crippen LogP contribution in [0.2, 0.25) is 0 Å². The van der Waals surface area contributed by atoms with Crippen LogP contribution in [0.25, 0.3) is 0 Å². The van der Waals surface area contributed by atoms with E-state index in [0.717, 1.165) is 18.7 Å². The number of morpholine rings is 1. The molecule has 3 aromatic carbocycles. The number of halogens is 1. The van der Waals surface area contributed by atoms with Gasteiger partial charge >= 0.3 is 0 Å². The number of nitrogens with zero attached hydrogens (tertiary/aromatic N) is 4. The van der Waals surface area contributed by atoms with Crippen LogP contribution in [0.1, 0.15) is 33.9 Å². The number of ether oxygens (including phenoxy) is 4. The van der Waals surface area contributed by atoms with Crippen LogP contribution >= 0.6 is 0 Å². The van der Waals surface area contributed by atoms with Gasteiger partial charge in [-0.25, -0.2) is 9.40 Å². The summed E-state index contributed by atoms with van der Waals surface area (Å²) in [5.41, 5.74) is 2.15. The quantitative estimate of drug-likeness (QED) is 0.327. The van der Waals surface area contributed by atoms with Gasteiger partial charge in [0.05, 0.1) is 51.9 Å². The van der Waals surface area contributed by atoms with E-state index in [2.05, 4.69) is 4.90 Å². The first-order valence-electron chi connectivity index (χ1n) is 14.5. The van der Waals surface area contributed by atoms with Crippen molar-refractivity contribution >= 4 is 17.5 Å². The lowest BCUT2D eigenvalue weighted by Crippen LogP contribution is -2.46. The van der Waals surface area contributed by atoms with Crippen LogP contribution in [-0.2, 0) is 9.53 Å².